The lowest BCUT2D eigenvalue weighted by molar-refractivity contribution is 0.635. The molecule has 0 unspecified atom stereocenters. The van der Waals surface area contributed by atoms with Gasteiger partial charge < -0.3 is 0 Å². The minimum atomic E-state index is -0.253. The van der Waals surface area contributed by atoms with E-state index in [0.717, 1.165) is 18.7 Å². The van der Waals surface area contributed by atoms with Crippen molar-refractivity contribution in [2.75, 3.05) is 0 Å². The van der Waals surface area contributed by atoms with Crippen molar-refractivity contribution in [3.63, 3.8) is 0 Å². The van der Waals surface area contributed by atoms with Crippen LogP contribution in [0.5, 0.6) is 0 Å². The quantitative estimate of drug-likeness (QED) is 0.847. The number of nitrogens with zero attached hydrogens (tertiary/aromatic N) is 2. The van der Waals surface area contributed by atoms with E-state index >= 15 is 0 Å². The van der Waals surface area contributed by atoms with Gasteiger partial charge in [-0.05, 0) is 17.9 Å². The van der Waals surface area contributed by atoms with E-state index in [1.807, 2.05) is 0 Å². The Morgan fingerprint density at radius 1 is 1.57 bits per heavy atom. The molecule has 0 aliphatic rings. The van der Waals surface area contributed by atoms with Gasteiger partial charge in [0.25, 0.3) is 0 Å². The normalized spacial score (nSPS) is 10.7. The summed E-state index contributed by atoms with van der Waals surface area (Å²) >= 11 is 1.31. The van der Waals surface area contributed by atoms with E-state index in [1.165, 1.54) is 17.4 Å². The lowest BCUT2D eigenvalue weighted by Gasteiger charge is -1.88. The van der Waals surface area contributed by atoms with E-state index < -0.39 is 0 Å². The van der Waals surface area contributed by atoms with Gasteiger partial charge in [0.05, 0.1) is 0 Å². The monoisotopic (exact) mass is 211 g/mol. The van der Waals surface area contributed by atoms with Crippen molar-refractivity contribution in [2.24, 2.45) is 0 Å². The van der Waals surface area contributed by atoms with Gasteiger partial charge in [0.1, 0.15) is 16.5 Å². The first kappa shape index (κ1) is 9.33. The number of halogens is 1. The fourth-order valence-electron chi connectivity index (χ4n) is 1.20. The topological polar surface area (TPSA) is 41.6 Å². The lowest BCUT2D eigenvalue weighted by atomic mass is 10.3. The molecular formula is C9H10FN3S. The number of nitrogens with one attached hydrogen (secondary N) is 1. The summed E-state index contributed by atoms with van der Waals surface area (Å²) in [5.41, 5.74) is 0. The number of thiophene rings is 1. The third-order valence-corrected chi connectivity index (χ3v) is 2.72. The van der Waals surface area contributed by atoms with Crippen LogP contribution in [0.1, 0.15) is 19.2 Å². The van der Waals surface area contributed by atoms with E-state index in [0.29, 0.717) is 10.7 Å². The van der Waals surface area contributed by atoms with Gasteiger partial charge in [-0.25, -0.2) is 9.37 Å². The molecule has 5 heteroatoms. The van der Waals surface area contributed by atoms with Crippen LogP contribution in [-0.2, 0) is 6.42 Å². The van der Waals surface area contributed by atoms with E-state index in [2.05, 4.69) is 22.1 Å². The summed E-state index contributed by atoms with van der Waals surface area (Å²) in [4.78, 5) is 4.71. The Morgan fingerprint density at radius 3 is 3.07 bits per heavy atom. The predicted octanol–water partition coefficient (Wildman–Crippen LogP) is 2.62. The molecule has 0 radical (unpaired) electrons. The summed E-state index contributed by atoms with van der Waals surface area (Å²) in [5.74, 6) is 1.02. The van der Waals surface area contributed by atoms with Crippen molar-refractivity contribution in [3.8, 4) is 10.7 Å². The van der Waals surface area contributed by atoms with Crippen LogP contribution < -0.4 is 0 Å². The number of rotatable bonds is 3. The smallest absolute Gasteiger partial charge is 0.194 e. The molecule has 0 saturated heterocycles. The van der Waals surface area contributed by atoms with Crippen molar-refractivity contribution in [1.29, 1.82) is 0 Å². The van der Waals surface area contributed by atoms with Crippen LogP contribution >= 0.6 is 11.3 Å². The standard InChI is InChI=1S/C9H10FN3S/c1-2-3-7-11-9(13-12-7)8-6(10)4-5-14-8/h4-5H,2-3H2,1H3,(H,11,12,13). The van der Waals surface area contributed by atoms with Crippen molar-refractivity contribution in [3.05, 3.63) is 23.1 Å². The van der Waals surface area contributed by atoms with Gasteiger partial charge in [-0.15, -0.1) is 11.3 Å². The van der Waals surface area contributed by atoms with E-state index in [9.17, 15) is 4.39 Å². The molecule has 0 saturated carbocycles. The molecule has 3 nitrogen and oxygen atoms in total. The maximum absolute atomic E-state index is 13.1. The third-order valence-electron chi connectivity index (χ3n) is 1.84. The van der Waals surface area contributed by atoms with Crippen LogP contribution in [0.15, 0.2) is 11.4 Å². The highest BCUT2D eigenvalue weighted by Crippen LogP contribution is 2.24. The average molecular weight is 211 g/mol. The molecule has 0 amide bonds. The molecule has 1 N–H and O–H groups in total. The highest BCUT2D eigenvalue weighted by atomic mass is 32.1. The number of H-pyrrole nitrogens is 1. The highest BCUT2D eigenvalue weighted by Gasteiger charge is 2.11. The Hall–Kier alpha value is -1.23. The summed E-state index contributed by atoms with van der Waals surface area (Å²) in [7, 11) is 0. The molecule has 0 atom stereocenters. The number of aryl methyl sites for hydroxylation is 1. The molecule has 0 aromatic carbocycles. The van der Waals surface area contributed by atoms with E-state index in [4.69, 9.17) is 0 Å². The molecule has 2 aromatic heterocycles. The molecule has 74 valence electrons. The van der Waals surface area contributed by atoms with Crippen LogP contribution in [0.4, 0.5) is 4.39 Å². The van der Waals surface area contributed by atoms with E-state index in [1.54, 1.807) is 5.38 Å². The first-order valence-corrected chi connectivity index (χ1v) is 5.34. The predicted molar refractivity (Wildman–Crippen MR) is 53.6 cm³/mol. The molecule has 0 aliphatic carbocycles. The van der Waals surface area contributed by atoms with Crippen molar-refractivity contribution < 1.29 is 4.39 Å². The van der Waals surface area contributed by atoms with Gasteiger partial charge in [-0.1, -0.05) is 6.92 Å². The minimum absolute atomic E-state index is 0.253. The zero-order valence-corrected chi connectivity index (χ0v) is 8.57. The van der Waals surface area contributed by atoms with Crippen molar-refractivity contribution in [1.82, 2.24) is 15.2 Å². The molecule has 2 aromatic rings. The summed E-state index contributed by atoms with van der Waals surface area (Å²) in [6.07, 6.45) is 1.85. The molecule has 0 aliphatic heterocycles. The zero-order valence-electron chi connectivity index (χ0n) is 7.75. The molecule has 2 heterocycles. The largest absolute Gasteiger partial charge is 0.263 e. The summed E-state index contributed by atoms with van der Waals surface area (Å²) in [6.45, 7) is 2.06. The summed E-state index contributed by atoms with van der Waals surface area (Å²) < 4.78 is 13.1. The van der Waals surface area contributed by atoms with E-state index in [-0.39, 0.29) is 5.82 Å². The third kappa shape index (κ3) is 1.68. The Bertz CT molecular complexity index is 421. The van der Waals surface area contributed by atoms with Crippen LogP contribution in [0.3, 0.4) is 0 Å². The second-order valence-electron chi connectivity index (χ2n) is 2.95. The van der Waals surface area contributed by atoms with Crippen molar-refractivity contribution >= 4 is 11.3 Å². The Kier molecular flexibility index (Phi) is 2.58. The molecule has 14 heavy (non-hydrogen) atoms. The summed E-state index contributed by atoms with van der Waals surface area (Å²) in [5, 5.41) is 8.47. The van der Waals surface area contributed by atoms with Gasteiger partial charge in [0, 0.05) is 6.42 Å². The number of aromatic amines is 1. The Balaban J connectivity index is 2.29. The van der Waals surface area contributed by atoms with Crippen LogP contribution in [0, 0.1) is 5.82 Å². The van der Waals surface area contributed by atoms with Crippen molar-refractivity contribution in [2.45, 2.75) is 19.8 Å². The SMILES string of the molecule is CCCc1nc(-c2sccc2F)n[nH]1. The fraction of sp³-hybridized carbons (Fsp3) is 0.333. The van der Waals surface area contributed by atoms with Gasteiger partial charge >= 0.3 is 0 Å². The molecule has 0 bridgehead atoms. The maximum Gasteiger partial charge on any atom is 0.194 e. The first-order valence-electron chi connectivity index (χ1n) is 4.46. The number of hydrogen-bond acceptors (Lipinski definition) is 3. The van der Waals surface area contributed by atoms with Crippen LogP contribution in [-0.4, -0.2) is 15.2 Å². The maximum atomic E-state index is 13.1. The van der Waals surface area contributed by atoms with Gasteiger partial charge in [-0.2, -0.15) is 5.10 Å². The number of aromatic nitrogens is 3. The average Bonchev–Trinajstić information content (AvgIpc) is 2.74. The molecule has 0 fully saturated rings. The van der Waals surface area contributed by atoms with Crippen LogP contribution in [0.25, 0.3) is 10.7 Å². The van der Waals surface area contributed by atoms with Crippen LogP contribution in [0.2, 0.25) is 0 Å². The lowest BCUT2D eigenvalue weighted by Crippen LogP contribution is -1.85. The van der Waals surface area contributed by atoms with Gasteiger partial charge in [0.15, 0.2) is 5.82 Å². The first-order chi connectivity index (χ1) is 6.81. The minimum Gasteiger partial charge on any atom is -0.263 e. The molecular weight excluding hydrogens is 201 g/mol. The molecule has 2 rings (SSSR count). The highest BCUT2D eigenvalue weighted by molar-refractivity contribution is 7.13. The van der Waals surface area contributed by atoms with Gasteiger partial charge in [-0.3, -0.25) is 5.10 Å². The molecule has 0 spiro atoms. The number of hydrogen-bond donors (Lipinski definition) is 1. The zero-order chi connectivity index (χ0) is 9.97. The fourth-order valence-corrected chi connectivity index (χ4v) is 1.90. The Morgan fingerprint density at radius 2 is 2.43 bits per heavy atom. The summed E-state index contributed by atoms with van der Waals surface area (Å²) in [6, 6.07) is 1.43. The Labute approximate surface area is 85.0 Å². The second kappa shape index (κ2) is 3.88. The second-order valence-corrected chi connectivity index (χ2v) is 3.87. The van der Waals surface area contributed by atoms with Gasteiger partial charge in [0.2, 0.25) is 0 Å².